The zero-order valence-corrected chi connectivity index (χ0v) is 8.78. The SMILES string of the molecule is CCC(=O)c1ccc(SC(F)(F)F)cc1. The van der Waals surface area contributed by atoms with Gasteiger partial charge in [0.15, 0.2) is 5.78 Å². The molecule has 0 N–H and O–H groups in total. The third-order valence-corrected chi connectivity index (χ3v) is 2.47. The Kier molecular flexibility index (Phi) is 3.79. The second-order valence-corrected chi connectivity index (χ2v) is 3.99. The van der Waals surface area contributed by atoms with Crippen LogP contribution in [0, 0.1) is 0 Å². The largest absolute Gasteiger partial charge is 0.446 e. The summed E-state index contributed by atoms with van der Waals surface area (Å²) in [5.41, 5.74) is -3.83. The lowest BCUT2D eigenvalue weighted by atomic mass is 10.1. The van der Waals surface area contributed by atoms with Gasteiger partial charge in [0.25, 0.3) is 0 Å². The molecule has 1 rings (SSSR count). The molecule has 1 aromatic carbocycles. The highest BCUT2D eigenvalue weighted by Crippen LogP contribution is 2.36. The van der Waals surface area contributed by atoms with Crippen LogP contribution in [-0.4, -0.2) is 11.3 Å². The van der Waals surface area contributed by atoms with Crippen LogP contribution in [0.1, 0.15) is 23.7 Å². The Morgan fingerprint density at radius 3 is 2.20 bits per heavy atom. The molecule has 0 aliphatic rings. The summed E-state index contributed by atoms with van der Waals surface area (Å²) in [5, 5.41) is 0. The minimum Gasteiger partial charge on any atom is -0.294 e. The van der Waals surface area contributed by atoms with Gasteiger partial charge in [-0.1, -0.05) is 19.1 Å². The summed E-state index contributed by atoms with van der Waals surface area (Å²) in [7, 11) is 0. The van der Waals surface area contributed by atoms with Crippen molar-refractivity contribution in [2.24, 2.45) is 0 Å². The molecule has 0 saturated heterocycles. The molecule has 1 aromatic rings. The van der Waals surface area contributed by atoms with Gasteiger partial charge < -0.3 is 0 Å². The number of halogens is 3. The summed E-state index contributed by atoms with van der Waals surface area (Å²) in [4.78, 5) is 11.3. The van der Waals surface area contributed by atoms with Gasteiger partial charge in [0.2, 0.25) is 0 Å². The fourth-order valence-corrected chi connectivity index (χ4v) is 1.59. The number of alkyl halides is 3. The molecule has 0 spiro atoms. The van der Waals surface area contributed by atoms with E-state index in [1.165, 1.54) is 24.3 Å². The molecule has 0 fully saturated rings. The monoisotopic (exact) mass is 234 g/mol. The van der Waals surface area contributed by atoms with E-state index < -0.39 is 5.51 Å². The fourth-order valence-electron chi connectivity index (χ4n) is 1.05. The van der Waals surface area contributed by atoms with E-state index in [9.17, 15) is 18.0 Å². The Hall–Kier alpha value is -0.970. The van der Waals surface area contributed by atoms with E-state index in [-0.39, 0.29) is 22.4 Å². The summed E-state index contributed by atoms with van der Waals surface area (Å²) in [5.74, 6) is -0.0708. The van der Waals surface area contributed by atoms with Gasteiger partial charge in [-0.3, -0.25) is 4.79 Å². The number of carbonyl (C=O) groups is 1. The first kappa shape index (κ1) is 12.1. The van der Waals surface area contributed by atoms with Crippen molar-refractivity contribution in [2.75, 3.05) is 0 Å². The molecule has 0 radical (unpaired) electrons. The van der Waals surface area contributed by atoms with Crippen molar-refractivity contribution >= 4 is 17.5 Å². The van der Waals surface area contributed by atoms with E-state index in [4.69, 9.17) is 0 Å². The zero-order valence-electron chi connectivity index (χ0n) is 7.97. The fraction of sp³-hybridized carbons (Fsp3) is 0.300. The Bertz CT molecular complexity index is 343. The minimum atomic E-state index is -4.28. The highest BCUT2D eigenvalue weighted by atomic mass is 32.2. The van der Waals surface area contributed by atoms with Crippen molar-refractivity contribution in [3.63, 3.8) is 0 Å². The Labute approximate surface area is 89.7 Å². The predicted octanol–water partition coefficient (Wildman–Crippen LogP) is 3.89. The summed E-state index contributed by atoms with van der Waals surface area (Å²) in [6.07, 6.45) is 0.353. The maximum atomic E-state index is 12.0. The maximum Gasteiger partial charge on any atom is 0.446 e. The summed E-state index contributed by atoms with van der Waals surface area (Å²) >= 11 is -0.183. The highest BCUT2D eigenvalue weighted by Gasteiger charge is 2.29. The van der Waals surface area contributed by atoms with Crippen molar-refractivity contribution in [1.29, 1.82) is 0 Å². The zero-order chi connectivity index (χ0) is 11.5. The topological polar surface area (TPSA) is 17.1 Å². The van der Waals surface area contributed by atoms with E-state index in [1.807, 2.05) is 0 Å². The maximum absolute atomic E-state index is 12.0. The number of carbonyl (C=O) groups excluding carboxylic acids is 1. The first-order chi connectivity index (χ1) is 6.92. The van der Waals surface area contributed by atoms with Crippen LogP contribution in [-0.2, 0) is 0 Å². The number of benzene rings is 1. The van der Waals surface area contributed by atoms with E-state index in [1.54, 1.807) is 6.92 Å². The molecule has 0 aliphatic carbocycles. The average Bonchev–Trinajstić information content (AvgIpc) is 2.15. The summed E-state index contributed by atoms with van der Waals surface area (Å²) < 4.78 is 35.9. The third kappa shape index (κ3) is 3.95. The van der Waals surface area contributed by atoms with E-state index in [0.717, 1.165) is 0 Å². The van der Waals surface area contributed by atoms with Gasteiger partial charge in [-0.05, 0) is 23.9 Å². The van der Waals surface area contributed by atoms with Crippen molar-refractivity contribution in [3.05, 3.63) is 29.8 Å². The highest BCUT2D eigenvalue weighted by molar-refractivity contribution is 8.00. The predicted molar refractivity (Wildman–Crippen MR) is 53.0 cm³/mol. The molecule has 0 aliphatic heterocycles. The molecule has 0 saturated carbocycles. The lowest BCUT2D eigenvalue weighted by Crippen LogP contribution is -2.00. The molecule has 1 nitrogen and oxygen atoms in total. The molecule has 0 unspecified atom stereocenters. The summed E-state index contributed by atoms with van der Waals surface area (Å²) in [6, 6.07) is 5.45. The van der Waals surface area contributed by atoms with Gasteiger partial charge in [0, 0.05) is 16.9 Å². The lowest BCUT2D eigenvalue weighted by molar-refractivity contribution is -0.0328. The molecular formula is C10H9F3OS. The van der Waals surface area contributed by atoms with E-state index >= 15 is 0 Å². The summed E-state index contributed by atoms with van der Waals surface area (Å²) in [6.45, 7) is 1.71. The molecule has 15 heavy (non-hydrogen) atoms. The van der Waals surface area contributed by atoms with E-state index in [2.05, 4.69) is 0 Å². The number of hydrogen-bond acceptors (Lipinski definition) is 2. The van der Waals surface area contributed by atoms with Gasteiger partial charge in [-0.25, -0.2) is 0 Å². The van der Waals surface area contributed by atoms with Crippen molar-refractivity contribution in [1.82, 2.24) is 0 Å². The average molecular weight is 234 g/mol. The second kappa shape index (κ2) is 4.70. The number of thioether (sulfide) groups is 1. The van der Waals surface area contributed by atoms with Crippen LogP contribution in [0.15, 0.2) is 29.2 Å². The first-order valence-electron chi connectivity index (χ1n) is 4.31. The minimum absolute atomic E-state index is 0.0708. The molecule has 82 valence electrons. The van der Waals surface area contributed by atoms with Gasteiger partial charge in [-0.2, -0.15) is 13.2 Å². The molecule has 0 heterocycles. The van der Waals surface area contributed by atoms with Crippen molar-refractivity contribution in [3.8, 4) is 0 Å². The van der Waals surface area contributed by atoms with Crippen LogP contribution in [0.2, 0.25) is 0 Å². The van der Waals surface area contributed by atoms with Gasteiger partial charge >= 0.3 is 5.51 Å². The number of Topliss-reactive ketones (excluding diaryl/α,β-unsaturated/α-hetero) is 1. The molecule has 0 bridgehead atoms. The molecule has 0 atom stereocenters. The smallest absolute Gasteiger partial charge is 0.294 e. The van der Waals surface area contributed by atoms with Crippen LogP contribution in [0.5, 0.6) is 0 Å². The van der Waals surface area contributed by atoms with Crippen LogP contribution in [0.4, 0.5) is 13.2 Å². The standard InChI is InChI=1S/C10H9F3OS/c1-2-9(14)7-3-5-8(6-4-7)15-10(11,12)13/h3-6H,2H2,1H3. The normalized spacial score (nSPS) is 11.5. The molecular weight excluding hydrogens is 225 g/mol. The molecule has 5 heteroatoms. The van der Waals surface area contributed by atoms with Crippen LogP contribution < -0.4 is 0 Å². The van der Waals surface area contributed by atoms with Crippen molar-refractivity contribution < 1.29 is 18.0 Å². The van der Waals surface area contributed by atoms with Gasteiger partial charge in [0.1, 0.15) is 0 Å². The van der Waals surface area contributed by atoms with Crippen LogP contribution in [0.3, 0.4) is 0 Å². The van der Waals surface area contributed by atoms with E-state index in [0.29, 0.717) is 12.0 Å². The number of hydrogen-bond donors (Lipinski definition) is 0. The van der Waals surface area contributed by atoms with Gasteiger partial charge in [0.05, 0.1) is 0 Å². The van der Waals surface area contributed by atoms with Crippen molar-refractivity contribution in [2.45, 2.75) is 23.7 Å². The lowest BCUT2D eigenvalue weighted by Gasteiger charge is -2.05. The molecule has 0 amide bonds. The Balaban J connectivity index is 2.77. The van der Waals surface area contributed by atoms with Crippen LogP contribution >= 0.6 is 11.8 Å². The van der Waals surface area contributed by atoms with Gasteiger partial charge in [-0.15, -0.1) is 0 Å². The second-order valence-electron chi connectivity index (χ2n) is 2.85. The first-order valence-corrected chi connectivity index (χ1v) is 5.13. The number of rotatable bonds is 3. The Morgan fingerprint density at radius 1 is 1.27 bits per heavy atom. The molecule has 0 aromatic heterocycles. The Morgan fingerprint density at radius 2 is 1.80 bits per heavy atom. The third-order valence-electron chi connectivity index (χ3n) is 1.73. The number of ketones is 1. The van der Waals surface area contributed by atoms with Crippen LogP contribution in [0.25, 0.3) is 0 Å². The quantitative estimate of drug-likeness (QED) is 0.583.